The minimum Gasteiger partial charge on any atom is -0.354 e. The molecular weight excluding hydrogens is 476 g/mol. The van der Waals surface area contributed by atoms with Gasteiger partial charge in [0.25, 0.3) is 0 Å². The van der Waals surface area contributed by atoms with E-state index in [4.69, 9.17) is 0 Å². The van der Waals surface area contributed by atoms with Gasteiger partial charge in [-0.05, 0) is 74.0 Å². The number of hydrogen-bond donors (Lipinski definition) is 3. The molecule has 1 saturated heterocycles. The van der Waals surface area contributed by atoms with Crippen molar-refractivity contribution in [2.45, 2.75) is 78.3 Å². The zero-order valence-electron chi connectivity index (χ0n) is 23.6. The molecule has 0 unspecified atom stereocenters. The molecule has 0 radical (unpaired) electrons. The van der Waals surface area contributed by atoms with Gasteiger partial charge in [0.05, 0.1) is 6.04 Å². The van der Waals surface area contributed by atoms with Crippen molar-refractivity contribution in [3.05, 3.63) is 48.0 Å². The lowest BCUT2D eigenvalue weighted by molar-refractivity contribution is -0.155. The van der Waals surface area contributed by atoms with Crippen molar-refractivity contribution in [3.63, 3.8) is 0 Å². The van der Waals surface area contributed by atoms with E-state index >= 15 is 0 Å². The third kappa shape index (κ3) is 8.11. The number of amides is 3. The van der Waals surface area contributed by atoms with E-state index in [9.17, 15) is 14.4 Å². The van der Waals surface area contributed by atoms with E-state index in [0.717, 1.165) is 48.8 Å². The van der Waals surface area contributed by atoms with Gasteiger partial charge >= 0.3 is 0 Å². The highest BCUT2D eigenvalue weighted by atomic mass is 16.2. The molecular formula is C31H46N4O3. The van der Waals surface area contributed by atoms with Crippen LogP contribution in [-0.4, -0.2) is 60.9 Å². The highest BCUT2D eigenvalue weighted by molar-refractivity contribution is 6.03. The Morgan fingerprint density at radius 3 is 2.42 bits per heavy atom. The fourth-order valence-electron chi connectivity index (χ4n) is 5.14. The molecule has 3 rings (SSSR count). The van der Waals surface area contributed by atoms with E-state index in [2.05, 4.69) is 41.9 Å². The number of carbonyl (C=O) groups excluding carboxylic acids is 3. The van der Waals surface area contributed by atoms with Crippen molar-refractivity contribution in [3.8, 4) is 0 Å². The first-order chi connectivity index (χ1) is 18.3. The summed E-state index contributed by atoms with van der Waals surface area (Å²) in [4.78, 5) is 42.6. The van der Waals surface area contributed by atoms with Gasteiger partial charge < -0.3 is 16.0 Å². The number of nitrogens with one attached hydrogen (secondary N) is 3. The molecule has 2 aromatic carbocycles. The molecule has 3 amide bonds. The molecule has 0 aromatic heterocycles. The van der Waals surface area contributed by atoms with E-state index in [1.807, 2.05) is 44.2 Å². The molecule has 1 heterocycles. The Hall–Kier alpha value is -2.77. The van der Waals surface area contributed by atoms with Crippen LogP contribution < -0.4 is 16.0 Å². The quantitative estimate of drug-likeness (QED) is 0.326. The van der Waals surface area contributed by atoms with Crippen LogP contribution in [0.15, 0.2) is 42.5 Å². The second-order valence-electron chi connectivity index (χ2n) is 10.9. The van der Waals surface area contributed by atoms with Gasteiger partial charge in [-0.3, -0.25) is 19.3 Å². The van der Waals surface area contributed by atoms with Gasteiger partial charge in [0.2, 0.25) is 17.7 Å². The molecule has 7 heteroatoms. The van der Waals surface area contributed by atoms with Crippen LogP contribution in [-0.2, 0) is 20.8 Å². The first kappa shape index (κ1) is 29.8. The highest BCUT2D eigenvalue weighted by Crippen LogP contribution is 2.23. The van der Waals surface area contributed by atoms with E-state index in [-0.39, 0.29) is 30.1 Å². The third-order valence-corrected chi connectivity index (χ3v) is 7.41. The Balaban J connectivity index is 1.88. The van der Waals surface area contributed by atoms with E-state index in [0.29, 0.717) is 31.7 Å². The van der Waals surface area contributed by atoms with Crippen molar-refractivity contribution in [2.75, 3.05) is 26.2 Å². The predicted octanol–water partition coefficient (Wildman–Crippen LogP) is 4.05. The molecule has 208 valence electrons. The van der Waals surface area contributed by atoms with Crippen molar-refractivity contribution < 1.29 is 14.4 Å². The zero-order valence-corrected chi connectivity index (χ0v) is 23.6. The SMILES string of the molecule is CCC(CC)C(=O)N(C(=O)[C@@H]1CCCN1)[C@H](Cc1ccc2ccccc2c1)C(=O)NCCCNCC(C)C. The standard InChI is InChI=1S/C31H46N4O3/c1-5-24(6-2)30(37)35(31(38)27-13-9-17-33-27)28(29(36)34-18-10-16-32-21-22(3)4)20-23-14-15-25-11-7-8-12-26(25)19-23/h7-8,11-12,14-15,19,22,24,27-28,32-33H,5-6,9-10,13,16-18,20-21H2,1-4H3,(H,34,36)/t27-,28+/m0/s1. The Morgan fingerprint density at radius 2 is 1.76 bits per heavy atom. The summed E-state index contributed by atoms with van der Waals surface area (Å²) >= 11 is 0. The number of nitrogens with zero attached hydrogens (tertiary/aromatic N) is 1. The molecule has 1 fully saturated rings. The highest BCUT2D eigenvalue weighted by Gasteiger charge is 2.40. The number of hydrogen-bond acceptors (Lipinski definition) is 5. The van der Waals surface area contributed by atoms with Crippen LogP contribution in [0.5, 0.6) is 0 Å². The first-order valence-corrected chi connectivity index (χ1v) is 14.4. The van der Waals surface area contributed by atoms with Crippen LogP contribution in [0.2, 0.25) is 0 Å². The predicted molar refractivity (Wildman–Crippen MR) is 154 cm³/mol. The van der Waals surface area contributed by atoms with Gasteiger partial charge in [-0.15, -0.1) is 0 Å². The van der Waals surface area contributed by atoms with Gasteiger partial charge in [0, 0.05) is 18.9 Å². The molecule has 1 aliphatic rings. The van der Waals surface area contributed by atoms with Crippen LogP contribution in [0.1, 0.15) is 65.4 Å². The molecule has 3 N–H and O–H groups in total. The van der Waals surface area contributed by atoms with Gasteiger partial charge in [0.15, 0.2) is 0 Å². The van der Waals surface area contributed by atoms with Gasteiger partial charge in [-0.1, -0.05) is 70.2 Å². The van der Waals surface area contributed by atoms with Crippen molar-refractivity contribution in [1.82, 2.24) is 20.9 Å². The Labute approximate surface area is 228 Å². The molecule has 1 aliphatic heterocycles. The maximum absolute atomic E-state index is 13.8. The first-order valence-electron chi connectivity index (χ1n) is 14.4. The van der Waals surface area contributed by atoms with E-state index < -0.39 is 12.1 Å². The fourth-order valence-corrected chi connectivity index (χ4v) is 5.14. The topological polar surface area (TPSA) is 90.5 Å². The molecule has 2 atom stereocenters. The fraction of sp³-hybridized carbons (Fsp3) is 0.581. The number of benzene rings is 2. The van der Waals surface area contributed by atoms with E-state index in [1.54, 1.807) is 0 Å². The minimum atomic E-state index is -0.900. The third-order valence-electron chi connectivity index (χ3n) is 7.41. The zero-order chi connectivity index (χ0) is 27.5. The molecule has 0 aliphatic carbocycles. The lowest BCUT2D eigenvalue weighted by atomic mass is 9.96. The lowest BCUT2D eigenvalue weighted by Crippen LogP contribution is -2.58. The normalized spacial score (nSPS) is 16.2. The lowest BCUT2D eigenvalue weighted by Gasteiger charge is -2.33. The minimum absolute atomic E-state index is 0.242. The number of carbonyl (C=O) groups is 3. The molecule has 2 aromatic rings. The number of fused-ring (bicyclic) bond motifs is 1. The summed E-state index contributed by atoms with van der Waals surface area (Å²) in [6, 6.07) is 12.8. The van der Waals surface area contributed by atoms with Crippen molar-refractivity contribution in [1.29, 1.82) is 0 Å². The average molecular weight is 523 g/mol. The monoisotopic (exact) mass is 522 g/mol. The van der Waals surface area contributed by atoms with Crippen LogP contribution in [0.4, 0.5) is 0 Å². The van der Waals surface area contributed by atoms with Gasteiger partial charge in [-0.25, -0.2) is 0 Å². The van der Waals surface area contributed by atoms with Crippen LogP contribution in [0, 0.1) is 11.8 Å². The van der Waals surface area contributed by atoms with Crippen LogP contribution >= 0.6 is 0 Å². The van der Waals surface area contributed by atoms with Gasteiger partial charge in [-0.2, -0.15) is 0 Å². The van der Waals surface area contributed by atoms with Crippen molar-refractivity contribution in [2.24, 2.45) is 11.8 Å². The summed E-state index contributed by atoms with van der Waals surface area (Å²) < 4.78 is 0. The molecule has 38 heavy (non-hydrogen) atoms. The Bertz CT molecular complexity index is 1050. The maximum atomic E-state index is 13.8. The molecule has 7 nitrogen and oxygen atoms in total. The second kappa shape index (κ2) is 15.0. The van der Waals surface area contributed by atoms with Crippen molar-refractivity contribution >= 4 is 28.5 Å². The Morgan fingerprint density at radius 1 is 1.03 bits per heavy atom. The van der Waals surface area contributed by atoms with Crippen LogP contribution in [0.25, 0.3) is 10.8 Å². The van der Waals surface area contributed by atoms with Gasteiger partial charge in [0.1, 0.15) is 6.04 Å². The average Bonchev–Trinajstić information content (AvgIpc) is 3.46. The molecule has 0 bridgehead atoms. The summed E-state index contributed by atoms with van der Waals surface area (Å²) in [5, 5.41) is 11.9. The number of imide groups is 1. The molecule has 0 saturated carbocycles. The second-order valence-corrected chi connectivity index (χ2v) is 10.9. The van der Waals surface area contributed by atoms with Crippen LogP contribution in [0.3, 0.4) is 0 Å². The summed E-state index contributed by atoms with van der Waals surface area (Å²) in [5.41, 5.74) is 0.928. The maximum Gasteiger partial charge on any atom is 0.247 e. The summed E-state index contributed by atoms with van der Waals surface area (Å²) in [7, 11) is 0. The summed E-state index contributed by atoms with van der Waals surface area (Å²) in [5.74, 6) is -0.525. The van der Waals surface area contributed by atoms with E-state index in [1.165, 1.54) is 4.90 Å². The summed E-state index contributed by atoms with van der Waals surface area (Å²) in [6.45, 7) is 11.2. The summed E-state index contributed by atoms with van der Waals surface area (Å²) in [6.07, 6.45) is 3.88. The number of rotatable bonds is 14. The Kier molecular flexibility index (Phi) is 11.7. The molecule has 0 spiro atoms. The largest absolute Gasteiger partial charge is 0.354 e. The smallest absolute Gasteiger partial charge is 0.247 e.